The van der Waals surface area contributed by atoms with E-state index in [1.807, 2.05) is 0 Å². The highest BCUT2D eigenvalue weighted by Gasteiger charge is 2.33. The second-order valence-corrected chi connectivity index (χ2v) is 6.98. The van der Waals surface area contributed by atoms with Gasteiger partial charge in [0.05, 0.1) is 0 Å². The summed E-state index contributed by atoms with van der Waals surface area (Å²) in [7, 11) is 4.42. The number of aldehydes is 1. The van der Waals surface area contributed by atoms with Gasteiger partial charge in [-0.3, -0.25) is 0 Å². The van der Waals surface area contributed by atoms with E-state index in [-0.39, 0.29) is 5.41 Å². The first-order valence-corrected chi connectivity index (χ1v) is 7.97. The number of piperidine rings is 1. The molecule has 2 fully saturated rings. The maximum atomic E-state index is 11.5. The van der Waals surface area contributed by atoms with Crippen LogP contribution in [0.15, 0.2) is 0 Å². The molecule has 1 saturated carbocycles. The predicted molar refractivity (Wildman–Crippen MR) is 79.3 cm³/mol. The number of hydrogen-bond acceptors (Lipinski definition) is 3. The van der Waals surface area contributed by atoms with Crippen LogP contribution in [0.3, 0.4) is 0 Å². The largest absolute Gasteiger partial charge is 0.306 e. The minimum absolute atomic E-state index is 0.0293. The Morgan fingerprint density at radius 1 is 1.21 bits per heavy atom. The first kappa shape index (κ1) is 15.0. The topological polar surface area (TPSA) is 23.6 Å². The van der Waals surface area contributed by atoms with Crippen LogP contribution >= 0.6 is 0 Å². The van der Waals surface area contributed by atoms with Crippen molar-refractivity contribution in [3.63, 3.8) is 0 Å². The van der Waals surface area contributed by atoms with E-state index in [4.69, 9.17) is 0 Å². The summed E-state index contributed by atoms with van der Waals surface area (Å²) in [5, 5.41) is 0. The van der Waals surface area contributed by atoms with E-state index in [0.717, 1.165) is 25.3 Å². The summed E-state index contributed by atoms with van der Waals surface area (Å²) in [5.74, 6) is 0.827. The third kappa shape index (κ3) is 4.28. The second kappa shape index (κ2) is 6.85. The van der Waals surface area contributed by atoms with Crippen LogP contribution < -0.4 is 0 Å². The SMILES string of the molecule is CN1CCC(CN(C)CC2(C=O)CCCCC2)CC1. The number of hydrogen-bond donors (Lipinski definition) is 0. The van der Waals surface area contributed by atoms with Gasteiger partial charge in [-0.05, 0) is 58.8 Å². The minimum atomic E-state index is -0.0293. The van der Waals surface area contributed by atoms with E-state index >= 15 is 0 Å². The summed E-state index contributed by atoms with van der Waals surface area (Å²) in [6.07, 6.45) is 9.89. The summed E-state index contributed by atoms with van der Waals surface area (Å²) in [6.45, 7) is 4.61. The Hall–Kier alpha value is -0.410. The monoisotopic (exact) mass is 266 g/mol. The van der Waals surface area contributed by atoms with Crippen LogP contribution in [0.2, 0.25) is 0 Å². The van der Waals surface area contributed by atoms with Gasteiger partial charge in [0.15, 0.2) is 0 Å². The summed E-state index contributed by atoms with van der Waals surface area (Å²) in [6, 6.07) is 0. The van der Waals surface area contributed by atoms with E-state index in [2.05, 4.69) is 23.9 Å². The molecule has 3 nitrogen and oxygen atoms in total. The smallest absolute Gasteiger partial charge is 0.127 e. The molecule has 0 bridgehead atoms. The molecule has 0 aromatic heterocycles. The Balaban J connectivity index is 1.79. The molecule has 0 radical (unpaired) electrons. The molecule has 0 aromatic carbocycles. The van der Waals surface area contributed by atoms with Crippen molar-refractivity contribution in [2.75, 3.05) is 40.3 Å². The molecule has 110 valence electrons. The zero-order valence-electron chi connectivity index (χ0n) is 12.7. The molecular formula is C16H30N2O. The highest BCUT2D eigenvalue weighted by atomic mass is 16.1. The summed E-state index contributed by atoms with van der Waals surface area (Å²) in [5.41, 5.74) is -0.0293. The van der Waals surface area contributed by atoms with E-state index < -0.39 is 0 Å². The van der Waals surface area contributed by atoms with Crippen molar-refractivity contribution in [3.8, 4) is 0 Å². The van der Waals surface area contributed by atoms with Crippen LogP contribution in [0.25, 0.3) is 0 Å². The van der Waals surface area contributed by atoms with Gasteiger partial charge in [-0.25, -0.2) is 0 Å². The molecule has 0 atom stereocenters. The number of rotatable bonds is 5. The van der Waals surface area contributed by atoms with Gasteiger partial charge in [0.25, 0.3) is 0 Å². The fourth-order valence-corrected chi connectivity index (χ4v) is 3.86. The van der Waals surface area contributed by atoms with Gasteiger partial charge < -0.3 is 14.6 Å². The standard InChI is InChI=1S/C16H30N2O/c1-17-10-6-15(7-11-17)12-18(2)13-16(14-19)8-4-3-5-9-16/h14-15H,3-13H2,1-2H3. The zero-order chi connectivity index (χ0) is 13.7. The molecular weight excluding hydrogens is 236 g/mol. The van der Waals surface area contributed by atoms with Crippen LogP contribution in [0.1, 0.15) is 44.9 Å². The lowest BCUT2D eigenvalue weighted by Gasteiger charge is -2.38. The van der Waals surface area contributed by atoms with Crippen LogP contribution in [-0.4, -0.2) is 56.4 Å². The Bertz CT molecular complexity index is 278. The normalized spacial score (nSPS) is 25.6. The first-order valence-electron chi connectivity index (χ1n) is 7.97. The highest BCUT2D eigenvalue weighted by molar-refractivity contribution is 5.60. The molecule has 0 N–H and O–H groups in total. The Kier molecular flexibility index (Phi) is 5.40. The van der Waals surface area contributed by atoms with Crippen molar-refractivity contribution in [1.29, 1.82) is 0 Å². The Morgan fingerprint density at radius 2 is 1.84 bits per heavy atom. The molecule has 2 rings (SSSR count). The van der Waals surface area contributed by atoms with Crippen molar-refractivity contribution < 1.29 is 4.79 Å². The average molecular weight is 266 g/mol. The fraction of sp³-hybridized carbons (Fsp3) is 0.938. The highest BCUT2D eigenvalue weighted by Crippen LogP contribution is 2.35. The van der Waals surface area contributed by atoms with Crippen molar-refractivity contribution in [2.45, 2.75) is 44.9 Å². The van der Waals surface area contributed by atoms with Gasteiger partial charge in [0, 0.05) is 18.5 Å². The number of carbonyl (C=O) groups excluding carboxylic acids is 1. The molecule has 3 heteroatoms. The lowest BCUT2D eigenvalue weighted by molar-refractivity contribution is -0.119. The predicted octanol–water partition coefficient (Wildman–Crippen LogP) is 2.41. The van der Waals surface area contributed by atoms with Crippen molar-refractivity contribution >= 4 is 6.29 Å². The molecule has 0 spiro atoms. The third-order valence-electron chi connectivity index (χ3n) is 5.09. The maximum absolute atomic E-state index is 11.5. The average Bonchev–Trinajstić information content (AvgIpc) is 2.42. The molecule has 0 amide bonds. The molecule has 1 heterocycles. The number of likely N-dealkylation sites (tertiary alicyclic amines) is 1. The van der Waals surface area contributed by atoms with Crippen LogP contribution in [0, 0.1) is 11.3 Å². The van der Waals surface area contributed by atoms with Crippen molar-refractivity contribution in [1.82, 2.24) is 9.80 Å². The Morgan fingerprint density at radius 3 is 2.42 bits per heavy atom. The van der Waals surface area contributed by atoms with Gasteiger partial charge in [-0.15, -0.1) is 0 Å². The molecule has 1 aliphatic heterocycles. The van der Waals surface area contributed by atoms with E-state index in [1.165, 1.54) is 58.0 Å². The molecule has 19 heavy (non-hydrogen) atoms. The molecule has 0 aromatic rings. The van der Waals surface area contributed by atoms with E-state index in [9.17, 15) is 4.79 Å². The third-order valence-corrected chi connectivity index (χ3v) is 5.09. The van der Waals surface area contributed by atoms with Crippen LogP contribution in [0.5, 0.6) is 0 Å². The van der Waals surface area contributed by atoms with Gasteiger partial charge in [0.2, 0.25) is 0 Å². The first-order chi connectivity index (χ1) is 9.13. The molecule has 0 unspecified atom stereocenters. The van der Waals surface area contributed by atoms with Crippen LogP contribution in [-0.2, 0) is 4.79 Å². The van der Waals surface area contributed by atoms with Gasteiger partial charge in [0.1, 0.15) is 6.29 Å². The maximum Gasteiger partial charge on any atom is 0.127 e. The summed E-state index contributed by atoms with van der Waals surface area (Å²) in [4.78, 5) is 16.4. The Labute approximate surface area is 118 Å². The quantitative estimate of drug-likeness (QED) is 0.714. The lowest BCUT2D eigenvalue weighted by Crippen LogP contribution is -2.42. The zero-order valence-corrected chi connectivity index (χ0v) is 12.7. The summed E-state index contributed by atoms with van der Waals surface area (Å²) >= 11 is 0. The number of nitrogens with zero attached hydrogens (tertiary/aromatic N) is 2. The molecule has 2 aliphatic rings. The lowest BCUT2D eigenvalue weighted by atomic mass is 9.75. The van der Waals surface area contributed by atoms with E-state index in [0.29, 0.717) is 0 Å². The van der Waals surface area contributed by atoms with Gasteiger partial charge in [-0.1, -0.05) is 19.3 Å². The number of carbonyl (C=O) groups is 1. The fourth-order valence-electron chi connectivity index (χ4n) is 3.86. The molecule has 1 saturated heterocycles. The summed E-state index contributed by atoms with van der Waals surface area (Å²) < 4.78 is 0. The van der Waals surface area contributed by atoms with Gasteiger partial charge >= 0.3 is 0 Å². The van der Waals surface area contributed by atoms with Crippen molar-refractivity contribution in [2.24, 2.45) is 11.3 Å². The second-order valence-electron chi connectivity index (χ2n) is 6.98. The van der Waals surface area contributed by atoms with Crippen LogP contribution in [0.4, 0.5) is 0 Å². The molecule has 1 aliphatic carbocycles. The van der Waals surface area contributed by atoms with Crippen molar-refractivity contribution in [3.05, 3.63) is 0 Å². The minimum Gasteiger partial charge on any atom is -0.306 e. The van der Waals surface area contributed by atoms with E-state index in [1.54, 1.807) is 0 Å². The van der Waals surface area contributed by atoms with Gasteiger partial charge in [-0.2, -0.15) is 0 Å².